The van der Waals surface area contributed by atoms with Crippen LogP contribution in [0.4, 0.5) is 0 Å². The van der Waals surface area contributed by atoms with Gasteiger partial charge in [0, 0.05) is 31.2 Å². The molecule has 1 fully saturated rings. The Balaban J connectivity index is 1.48. The summed E-state index contributed by atoms with van der Waals surface area (Å²) in [4.78, 5) is 12.2. The van der Waals surface area contributed by atoms with E-state index in [0.717, 1.165) is 18.4 Å². The third-order valence-corrected chi connectivity index (χ3v) is 8.71. The Hall–Kier alpha value is -1.78. The normalized spacial score (nSPS) is 17.5. The third-order valence-electron chi connectivity index (χ3n) is 6.06. The molecule has 2 atom stereocenters. The van der Waals surface area contributed by atoms with Gasteiger partial charge in [0.05, 0.1) is 18.9 Å². The van der Waals surface area contributed by atoms with E-state index in [1.165, 1.54) is 19.3 Å². The standard InChI is InChI=1S/C26H36NO4P/c28-25(18-27-17-16-26(29)24-14-8-3-9-15-24)21-32(30,20-23-12-6-2-7-13-23)31-19-22-10-4-1-5-11-22/h1,3-5,8-11,14-15,23,25,27-28H,2,6-7,12-13,16-21H2/t25-,32?/m1/s1. The van der Waals surface area contributed by atoms with E-state index in [9.17, 15) is 14.5 Å². The molecule has 5 nitrogen and oxygen atoms in total. The van der Waals surface area contributed by atoms with Crippen LogP contribution in [0.1, 0.15) is 54.4 Å². The van der Waals surface area contributed by atoms with Crippen molar-refractivity contribution in [3.8, 4) is 0 Å². The van der Waals surface area contributed by atoms with Crippen molar-refractivity contribution in [1.29, 1.82) is 0 Å². The lowest BCUT2D eigenvalue weighted by Gasteiger charge is -2.28. The number of benzene rings is 2. The maximum Gasteiger partial charge on any atom is 0.206 e. The first-order valence-corrected chi connectivity index (χ1v) is 13.8. The number of rotatable bonds is 13. The number of nitrogens with one attached hydrogen (secondary N) is 1. The van der Waals surface area contributed by atoms with E-state index in [1.54, 1.807) is 0 Å². The highest BCUT2D eigenvalue weighted by Crippen LogP contribution is 2.51. The molecule has 6 heteroatoms. The number of carbonyl (C=O) groups is 1. The Morgan fingerprint density at radius 2 is 1.69 bits per heavy atom. The Kier molecular flexibility index (Phi) is 10.1. The maximum absolute atomic E-state index is 13.7. The van der Waals surface area contributed by atoms with Crippen molar-refractivity contribution >= 4 is 13.2 Å². The van der Waals surface area contributed by atoms with E-state index < -0.39 is 13.5 Å². The highest BCUT2D eigenvalue weighted by atomic mass is 31.2. The molecule has 0 saturated heterocycles. The van der Waals surface area contributed by atoms with E-state index in [-0.39, 0.29) is 11.9 Å². The molecule has 2 aromatic carbocycles. The maximum atomic E-state index is 13.7. The number of aliphatic hydroxyl groups is 1. The predicted molar refractivity (Wildman–Crippen MR) is 129 cm³/mol. The van der Waals surface area contributed by atoms with E-state index >= 15 is 0 Å². The van der Waals surface area contributed by atoms with Crippen LogP contribution >= 0.6 is 7.37 Å². The zero-order valence-electron chi connectivity index (χ0n) is 18.8. The molecule has 0 radical (unpaired) electrons. The van der Waals surface area contributed by atoms with Crippen molar-refractivity contribution in [2.24, 2.45) is 5.92 Å². The highest BCUT2D eigenvalue weighted by Gasteiger charge is 2.31. The zero-order chi connectivity index (χ0) is 22.7. The minimum atomic E-state index is -2.98. The first-order valence-electron chi connectivity index (χ1n) is 11.8. The molecular weight excluding hydrogens is 421 g/mol. The molecular formula is C26H36NO4P. The molecule has 1 aliphatic rings. The largest absolute Gasteiger partial charge is 0.391 e. The van der Waals surface area contributed by atoms with Crippen molar-refractivity contribution in [3.63, 3.8) is 0 Å². The summed E-state index contributed by atoms with van der Waals surface area (Å²) in [6, 6.07) is 19.0. The van der Waals surface area contributed by atoms with Crippen LogP contribution in [-0.4, -0.2) is 42.4 Å². The minimum absolute atomic E-state index is 0.0711. The van der Waals surface area contributed by atoms with Crippen LogP contribution in [0, 0.1) is 5.92 Å². The molecule has 0 aromatic heterocycles. The SMILES string of the molecule is O=C(CCNC[C@@H](O)CP(=O)(CC1CCCCC1)OCc1ccccc1)c1ccccc1. The lowest BCUT2D eigenvalue weighted by molar-refractivity contribution is 0.0980. The lowest BCUT2D eigenvalue weighted by atomic mass is 9.91. The van der Waals surface area contributed by atoms with Crippen molar-refractivity contribution in [3.05, 3.63) is 71.8 Å². The highest BCUT2D eigenvalue weighted by molar-refractivity contribution is 7.59. The summed E-state index contributed by atoms with van der Waals surface area (Å²) in [5, 5.41) is 13.7. The van der Waals surface area contributed by atoms with Crippen LogP contribution in [-0.2, 0) is 15.7 Å². The second-order valence-electron chi connectivity index (χ2n) is 8.84. The van der Waals surface area contributed by atoms with Gasteiger partial charge in [-0.25, -0.2) is 0 Å². The fourth-order valence-electron chi connectivity index (χ4n) is 4.33. The van der Waals surface area contributed by atoms with Gasteiger partial charge < -0.3 is 14.9 Å². The molecule has 1 aliphatic carbocycles. The van der Waals surface area contributed by atoms with Gasteiger partial charge in [-0.05, 0) is 24.3 Å². The fraction of sp³-hybridized carbons (Fsp3) is 0.500. The number of Topliss-reactive ketones (excluding diaryl/α,β-unsaturated/α-hetero) is 1. The fourth-order valence-corrected chi connectivity index (χ4v) is 7.00. The van der Waals surface area contributed by atoms with Gasteiger partial charge >= 0.3 is 0 Å². The van der Waals surface area contributed by atoms with Gasteiger partial charge in [0.25, 0.3) is 0 Å². The van der Waals surface area contributed by atoms with Crippen molar-refractivity contribution in [2.75, 3.05) is 25.4 Å². The molecule has 0 aliphatic heterocycles. The quantitative estimate of drug-likeness (QED) is 0.243. The molecule has 0 heterocycles. The van der Waals surface area contributed by atoms with Crippen LogP contribution in [0.5, 0.6) is 0 Å². The molecule has 3 rings (SSSR count). The summed E-state index contributed by atoms with van der Waals surface area (Å²) in [6.07, 6.45) is 6.09. The van der Waals surface area contributed by atoms with Gasteiger partial charge in [-0.1, -0.05) is 79.9 Å². The van der Waals surface area contributed by atoms with Crippen molar-refractivity contribution in [2.45, 2.75) is 51.2 Å². The Labute approximate surface area is 192 Å². The average Bonchev–Trinajstić information content (AvgIpc) is 2.82. The van der Waals surface area contributed by atoms with Crippen LogP contribution in [0.25, 0.3) is 0 Å². The molecule has 32 heavy (non-hydrogen) atoms. The molecule has 1 unspecified atom stereocenters. The number of ketones is 1. The minimum Gasteiger partial charge on any atom is -0.391 e. The topological polar surface area (TPSA) is 75.6 Å². The molecule has 2 N–H and O–H groups in total. The Morgan fingerprint density at radius 1 is 1.03 bits per heavy atom. The van der Waals surface area contributed by atoms with Crippen LogP contribution in [0.15, 0.2) is 60.7 Å². The summed E-state index contributed by atoms with van der Waals surface area (Å²) >= 11 is 0. The van der Waals surface area contributed by atoms with E-state index in [2.05, 4.69) is 5.32 Å². The van der Waals surface area contributed by atoms with Gasteiger partial charge in [-0.15, -0.1) is 0 Å². The van der Waals surface area contributed by atoms with Gasteiger partial charge in [0.1, 0.15) is 0 Å². The number of carbonyl (C=O) groups excluding carboxylic acids is 1. The molecule has 0 bridgehead atoms. The first kappa shape index (κ1) is 24.9. The van der Waals surface area contributed by atoms with Crippen LogP contribution in [0.2, 0.25) is 0 Å². The number of hydrogen-bond acceptors (Lipinski definition) is 5. The summed E-state index contributed by atoms with van der Waals surface area (Å²) < 4.78 is 19.7. The summed E-state index contributed by atoms with van der Waals surface area (Å²) in [6.45, 7) is 1.07. The van der Waals surface area contributed by atoms with Crippen molar-refractivity contribution < 1.29 is 19.0 Å². The van der Waals surface area contributed by atoms with Crippen LogP contribution < -0.4 is 5.32 Å². The van der Waals surface area contributed by atoms with E-state index in [4.69, 9.17) is 4.52 Å². The summed E-state index contributed by atoms with van der Waals surface area (Å²) in [5.41, 5.74) is 1.68. The predicted octanol–water partition coefficient (Wildman–Crippen LogP) is 5.29. The van der Waals surface area contributed by atoms with Crippen LogP contribution in [0.3, 0.4) is 0 Å². The average molecular weight is 458 g/mol. The lowest BCUT2D eigenvalue weighted by Crippen LogP contribution is -2.32. The molecule has 2 aromatic rings. The summed E-state index contributed by atoms with van der Waals surface area (Å²) in [5.74, 6) is 0.482. The second kappa shape index (κ2) is 13.1. The van der Waals surface area contributed by atoms with Gasteiger partial charge in [-0.3, -0.25) is 9.36 Å². The second-order valence-corrected chi connectivity index (χ2v) is 11.5. The molecule has 1 saturated carbocycles. The molecule has 174 valence electrons. The monoisotopic (exact) mass is 457 g/mol. The molecule has 0 amide bonds. The number of aliphatic hydroxyl groups excluding tert-OH is 1. The zero-order valence-corrected chi connectivity index (χ0v) is 19.7. The Bertz CT molecular complexity index is 853. The van der Waals surface area contributed by atoms with Gasteiger partial charge in [0.2, 0.25) is 7.37 Å². The third kappa shape index (κ3) is 8.63. The van der Waals surface area contributed by atoms with Gasteiger partial charge in [-0.2, -0.15) is 0 Å². The van der Waals surface area contributed by atoms with E-state index in [1.807, 2.05) is 60.7 Å². The van der Waals surface area contributed by atoms with E-state index in [0.29, 0.717) is 43.8 Å². The Morgan fingerprint density at radius 3 is 2.38 bits per heavy atom. The first-order chi connectivity index (χ1) is 15.5. The molecule has 0 spiro atoms. The number of hydrogen-bond donors (Lipinski definition) is 2. The van der Waals surface area contributed by atoms with Crippen molar-refractivity contribution in [1.82, 2.24) is 5.32 Å². The smallest absolute Gasteiger partial charge is 0.206 e. The summed E-state index contributed by atoms with van der Waals surface area (Å²) in [7, 11) is -2.98. The van der Waals surface area contributed by atoms with Gasteiger partial charge in [0.15, 0.2) is 5.78 Å².